The maximum Gasteiger partial charge on any atom is 0.328 e. The number of guanidine groups is 1. The molecular formula is C17H33N7O6. The van der Waals surface area contributed by atoms with Crippen LogP contribution in [0.15, 0.2) is 4.99 Å². The first-order valence-corrected chi connectivity index (χ1v) is 9.46. The Morgan fingerprint density at radius 1 is 0.933 bits per heavy atom. The van der Waals surface area contributed by atoms with Crippen LogP contribution < -0.4 is 33.2 Å². The molecule has 11 N–H and O–H groups in total. The Bertz CT molecular complexity index is 636. The van der Waals surface area contributed by atoms with Crippen molar-refractivity contribution in [1.82, 2.24) is 16.0 Å². The van der Waals surface area contributed by atoms with E-state index in [9.17, 15) is 19.2 Å². The summed E-state index contributed by atoms with van der Waals surface area (Å²) in [5.41, 5.74) is 16.3. The molecule has 0 aromatic heterocycles. The number of aliphatic imine (C=N–C) groups is 1. The average molecular weight is 431 g/mol. The molecule has 0 fully saturated rings. The molecule has 0 rings (SSSR count). The van der Waals surface area contributed by atoms with Crippen LogP contribution in [0.5, 0.6) is 0 Å². The maximum absolute atomic E-state index is 12.6. The second-order valence-electron chi connectivity index (χ2n) is 7.09. The third kappa shape index (κ3) is 10.0. The van der Waals surface area contributed by atoms with Gasteiger partial charge in [-0.1, -0.05) is 13.8 Å². The van der Waals surface area contributed by atoms with Crippen molar-refractivity contribution in [1.29, 1.82) is 0 Å². The van der Waals surface area contributed by atoms with Gasteiger partial charge in [0.2, 0.25) is 17.7 Å². The summed E-state index contributed by atoms with van der Waals surface area (Å²) in [5.74, 6) is -3.69. The SMILES string of the molecule is CC(NC(=O)C(CCCN=C(N)N)NC(=O)C(N)C(C)C)C(=O)NC(CO)C(=O)O. The summed E-state index contributed by atoms with van der Waals surface area (Å²) < 4.78 is 0. The molecule has 3 amide bonds. The van der Waals surface area contributed by atoms with Crippen molar-refractivity contribution in [3.63, 3.8) is 0 Å². The largest absolute Gasteiger partial charge is 0.480 e. The minimum absolute atomic E-state index is 0.107. The van der Waals surface area contributed by atoms with Crippen LogP contribution in [0, 0.1) is 5.92 Å². The number of carboxylic acid groups (broad SMARTS) is 1. The van der Waals surface area contributed by atoms with Crippen molar-refractivity contribution in [2.24, 2.45) is 28.1 Å². The second-order valence-corrected chi connectivity index (χ2v) is 7.09. The van der Waals surface area contributed by atoms with Crippen molar-refractivity contribution in [3.05, 3.63) is 0 Å². The Balaban J connectivity index is 5.10. The van der Waals surface area contributed by atoms with Crippen LogP contribution in [-0.4, -0.2) is 77.2 Å². The topological polar surface area (TPSA) is 235 Å². The molecule has 0 bridgehead atoms. The number of carbonyl (C=O) groups is 4. The highest BCUT2D eigenvalue weighted by Crippen LogP contribution is 2.04. The molecule has 30 heavy (non-hydrogen) atoms. The summed E-state index contributed by atoms with van der Waals surface area (Å²) in [5, 5.41) is 24.9. The van der Waals surface area contributed by atoms with E-state index >= 15 is 0 Å². The number of aliphatic carboxylic acids is 1. The molecule has 0 radical (unpaired) electrons. The lowest BCUT2D eigenvalue weighted by atomic mass is 10.0. The van der Waals surface area contributed by atoms with Crippen molar-refractivity contribution in [3.8, 4) is 0 Å². The van der Waals surface area contributed by atoms with E-state index in [1.165, 1.54) is 6.92 Å². The quantitative estimate of drug-likeness (QED) is 0.0821. The molecular weight excluding hydrogens is 398 g/mol. The Morgan fingerprint density at radius 2 is 1.50 bits per heavy atom. The maximum atomic E-state index is 12.6. The predicted molar refractivity (Wildman–Crippen MR) is 109 cm³/mol. The van der Waals surface area contributed by atoms with Crippen molar-refractivity contribution in [2.45, 2.75) is 57.8 Å². The smallest absolute Gasteiger partial charge is 0.328 e. The number of aliphatic hydroxyl groups is 1. The molecule has 13 heteroatoms. The van der Waals surface area contributed by atoms with Crippen LogP contribution >= 0.6 is 0 Å². The van der Waals surface area contributed by atoms with Gasteiger partial charge in [-0.15, -0.1) is 0 Å². The molecule has 4 atom stereocenters. The van der Waals surface area contributed by atoms with Gasteiger partial charge >= 0.3 is 5.97 Å². The monoisotopic (exact) mass is 431 g/mol. The van der Waals surface area contributed by atoms with Gasteiger partial charge in [0.1, 0.15) is 18.1 Å². The van der Waals surface area contributed by atoms with E-state index in [2.05, 4.69) is 20.9 Å². The van der Waals surface area contributed by atoms with Crippen molar-refractivity contribution < 1.29 is 29.4 Å². The van der Waals surface area contributed by atoms with Gasteiger partial charge in [0.15, 0.2) is 5.96 Å². The van der Waals surface area contributed by atoms with Gasteiger partial charge in [-0.2, -0.15) is 0 Å². The first kappa shape index (κ1) is 27.1. The minimum atomic E-state index is -1.50. The third-order valence-electron chi connectivity index (χ3n) is 4.15. The molecule has 0 aliphatic heterocycles. The van der Waals surface area contributed by atoms with Gasteiger partial charge < -0.3 is 43.4 Å². The number of aliphatic hydroxyl groups excluding tert-OH is 1. The van der Waals surface area contributed by atoms with E-state index in [1.807, 2.05) is 0 Å². The highest BCUT2D eigenvalue weighted by molar-refractivity contribution is 5.93. The Kier molecular flexibility index (Phi) is 12.0. The zero-order chi connectivity index (χ0) is 23.4. The van der Waals surface area contributed by atoms with Crippen LogP contribution in [0.3, 0.4) is 0 Å². The highest BCUT2D eigenvalue weighted by Gasteiger charge is 2.28. The molecule has 0 heterocycles. The number of amides is 3. The average Bonchev–Trinajstić information content (AvgIpc) is 2.66. The lowest BCUT2D eigenvalue weighted by molar-refractivity contribution is -0.143. The van der Waals surface area contributed by atoms with E-state index in [-0.39, 0.29) is 24.8 Å². The van der Waals surface area contributed by atoms with Crippen LogP contribution in [-0.2, 0) is 19.2 Å². The van der Waals surface area contributed by atoms with E-state index in [1.54, 1.807) is 13.8 Å². The summed E-state index contributed by atoms with van der Waals surface area (Å²) in [6.07, 6.45) is 0.529. The number of nitrogens with zero attached hydrogens (tertiary/aromatic N) is 1. The van der Waals surface area contributed by atoms with Crippen LogP contribution in [0.4, 0.5) is 0 Å². The summed E-state index contributed by atoms with van der Waals surface area (Å²) in [4.78, 5) is 51.7. The molecule has 4 unspecified atom stereocenters. The third-order valence-corrected chi connectivity index (χ3v) is 4.15. The second kappa shape index (κ2) is 13.3. The molecule has 0 saturated heterocycles. The number of rotatable bonds is 13. The minimum Gasteiger partial charge on any atom is -0.480 e. The van der Waals surface area contributed by atoms with Gasteiger partial charge in [0.25, 0.3) is 0 Å². The van der Waals surface area contributed by atoms with Gasteiger partial charge in [-0.05, 0) is 25.7 Å². The van der Waals surface area contributed by atoms with E-state index < -0.39 is 54.5 Å². The molecule has 0 aromatic rings. The summed E-state index contributed by atoms with van der Waals surface area (Å²) in [6, 6.07) is -4.47. The fourth-order valence-corrected chi connectivity index (χ4v) is 2.20. The van der Waals surface area contributed by atoms with E-state index in [0.717, 1.165) is 0 Å². The number of carbonyl (C=O) groups excluding carboxylic acids is 3. The first-order chi connectivity index (χ1) is 13.9. The van der Waals surface area contributed by atoms with Gasteiger partial charge in [0.05, 0.1) is 12.6 Å². The molecule has 0 aromatic carbocycles. The van der Waals surface area contributed by atoms with Gasteiger partial charge in [-0.3, -0.25) is 19.4 Å². The zero-order valence-electron chi connectivity index (χ0n) is 17.4. The van der Waals surface area contributed by atoms with E-state index in [4.69, 9.17) is 27.4 Å². The van der Waals surface area contributed by atoms with E-state index in [0.29, 0.717) is 6.42 Å². The lowest BCUT2D eigenvalue weighted by Crippen LogP contribution is -2.57. The number of hydrogen-bond acceptors (Lipinski definition) is 7. The standard InChI is InChI=1S/C17H33N7O6/c1-8(2)12(18)15(28)23-10(5-4-6-21-17(19)20)14(27)22-9(3)13(26)24-11(7-25)16(29)30/h8-12,25H,4-7,18H2,1-3H3,(H,22,27)(H,23,28)(H,24,26)(H,29,30)(H4,19,20,21). The molecule has 13 nitrogen and oxygen atoms in total. The van der Waals surface area contributed by atoms with Crippen molar-refractivity contribution in [2.75, 3.05) is 13.2 Å². The molecule has 0 aliphatic rings. The van der Waals surface area contributed by atoms with Crippen LogP contribution in [0.2, 0.25) is 0 Å². The number of carboxylic acids is 1. The lowest BCUT2D eigenvalue weighted by Gasteiger charge is -2.24. The van der Waals surface area contributed by atoms with Crippen molar-refractivity contribution >= 4 is 29.7 Å². The summed E-state index contributed by atoms with van der Waals surface area (Å²) in [6.45, 7) is 4.26. The molecule has 172 valence electrons. The van der Waals surface area contributed by atoms with Crippen LogP contribution in [0.1, 0.15) is 33.6 Å². The predicted octanol–water partition coefficient (Wildman–Crippen LogP) is -3.43. The van der Waals surface area contributed by atoms with Gasteiger partial charge in [0, 0.05) is 6.54 Å². The Morgan fingerprint density at radius 3 is 1.97 bits per heavy atom. The zero-order valence-corrected chi connectivity index (χ0v) is 17.4. The molecule has 0 aliphatic carbocycles. The summed E-state index contributed by atoms with van der Waals surface area (Å²) >= 11 is 0. The fourth-order valence-electron chi connectivity index (χ4n) is 2.20. The molecule has 0 saturated carbocycles. The first-order valence-electron chi connectivity index (χ1n) is 9.46. The number of hydrogen-bond donors (Lipinski definition) is 8. The Labute approximate surface area is 174 Å². The van der Waals surface area contributed by atoms with Crippen LogP contribution in [0.25, 0.3) is 0 Å². The number of nitrogens with two attached hydrogens (primary N) is 3. The summed E-state index contributed by atoms with van der Waals surface area (Å²) in [7, 11) is 0. The van der Waals surface area contributed by atoms with Gasteiger partial charge in [-0.25, -0.2) is 4.79 Å². The Hall–Kier alpha value is -2.93. The fraction of sp³-hybridized carbons (Fsp3) is 0.706. The highest BCUT2D eigenvalue weighted by atomic mass is 16.4. The normalized spacial score (nSPS) is 14.7. The molecule has 0 spiro atoms. The number of nitrogens with one attached hydrogen (secondary N) is 3.